The smallest absolute Gasteiger partial charge is 0.255 e. The van der Waals surface area contributed by atoms with Gasteiger partial charge < -0.3 is 25.1 Å². The van der Waals surface area contributed by atoms with Crippen LogP contribution < -0.4 is 20.1 Å². The lowest BCUT2D eigenvalue weighted by Gasteiger charge is -2.26. The first-order chi connectivity index (χ1) is 16.8. The van der Waals surface area contributed by atoms with Crippen molar-refractivity contribution in [2.75, 3.05) is 26.1 Å². The fraction of sp³-hybridized carbons (Fsp3) is 0.222. The van der Waals surface area contributed by atoms with Crippen LogP contribution in [0.1, 0.15) is 40.1 Å². The highest BCUT2D eigenvalue weighted by Gasteiger charge is 2.23. The number of amides is 2. The Labute approximate surface area is 203 Å². The molecule has 0 unspecified atom stereocenters. The van der Waals surface area contributed by atoms with E-state index in [0.717, 1.165) is 16.5 Å². The summed E-state index contributed by atoms with van der Waals surface area (Å²) in [5.41, 5.74) is 3.25. The first-order valence-electron chi connectivity index (χ1n) is 11.2. The predicted molar refractivity (Wildman–Crippen MR) is 135 cm³/mol. The van der Waals surface area contributed by atoms with Gasteiger partial charge in [0.1, 0.15) is 0 Å². The fourth-order valence-electron chi connectivity index (χ4n) is 3.84. The minimum absolute atomic E-state index is 0.144. The van der Waals surface area contributed by atoms with Gasteiger partial charge in [0, 0.05) is 41.0 Å². The molecular formula is C27H28N4O4. The molecule has 0 bridgehead atoms. The zero-order valence-corrected chi connectivity index (χ0v) is 20.1. The van der Waals surface area contributed by atoms with E-state index < -0.39 is 0 Å². The summed E-state index contributed by atoms with van der Waals surface area (Å²) < 4.78 is 10.5. The van der Waals surface area contributed by atoms with E-state index in [1.165, 1.54) is 7.11 Å². The second-order valence-corrected chi connectivity index (χ2v) is 8.79. The third-order valence-electron chi connectivity index (χ3n) is 5.99. The Balaban J connectivity index is 1.40. The number of anilines is 1. The van der Waals surface area contributed by atoms with Crippen molar-refractivity contribution in [1.29, 1.82) is 0 Å². The molecule has 4 aromatic rings. The van der Waals surface area contributed by atoms with Crippen LogP contribution in [-0.4, -0.2) is 42.5 Å². The number of benzene rings is 2. The molecule has 0 radical (unpaired) electrons. The van der Waals surface area contributed by atoms with Crippen LogP contribution in [0.15, 0.2) is 67.1 Å². The van der Waals surface area contributed by atoms with Gasteiger partial charge in [0.05, 0.1) is 31.5 Å². The monoisotopic (exact) mass is 472 g/mol. The molecule has 0 spiro atoms. The summed E-state index contributed by atoms with van der Waals surface area (Å²) >= 11 is 0. The highest BCUT2D eigenvalue weighted by Crippen LogP contribution is 2.28. The molecule has 0 fully saturated rings. The van der Waals surface area contributed by atoms with Crippen LogP contribution in [0.3, 0.4) is 0 Å². The lowest BCUT2D eigenvalue weighted by Crippen LogP contribution is -2.36. The number of pyridine rings is 1. The van der Waals surface area contributed by atoms with Gasteiger partial charge in [-0.25, -0.2) is 0 Å². The number of carbonyl (C=O) groups excluding carboxylic acids is 2. The normalized spacial score (nSPS) is 11.2. The lowest BCUT2D eigenvalue weighted by atomic mass is 9.84. The molecule has 2 amide bonds. The minimum atomic E-state index is -0.324. The molecule has 0 aliphatic rings. The third-order valence-corrected chi connectivity index (χ3v) is 5.99. The lowest BCUT2D eigenvalue weighted by molar-refractivity contribution is 0.0946. The van der Waals surface area contributed by atoms with Gasteiger partial charge >= 0.3 is 0 Å². The maximum absolute atomic E-state index is 12.8. The van der Waals surface area contributed by atoms with Crippen LogP contribution in [0.5, 0.6) is 11.5 Å². The molecule has 2 heterocycles. The zero-order valence-electron chi connectivity index (χ0n) is 20.1. The van der Waals surface area contributed by atoms with Gasteiger partial charge in [-0.05, 0) is 42.0 Å². The van der Waals surface area contributed by atoms with Crippen LogP contribution in [0, 0.1) is 0 Å². The Morgan fingerprint density at radius 2 is 1.71 bits per heavy atom. The number of nitrogens with zero attached hydrogens (tertiary/aromatic N) is 1. The summed E-state index contributed by atoms with van der Waals surface area (Å²) in [4.78, 5) is 32.6. The summed E-state index contributed by atoms with van der Waals surface area (Å²) in [6.07, 6.45) is 5.06. The average Bonchev–Trinajstić information content (AvgIpc) is 3.31. The molecule has 0 aliphatic carbocycles. The van der Waals surface area contributed by atoms with E-state index in [0.29, 0.717) is 34.9 Å². The molecule has 0 saturated heterocycles. The zero-order chi connectivity index (χ0) is 25.0. The number of methoxy groups -OCH3 is 2. The van der Waals surface area contributed by atoms with E-state index in [1.807, 2.05) is 30.3 Å². The minimum Gasteiger partial charge on any atom is -0.493 e. The van der Waals surface area contributed by atoms with Gasteiger partial charge in [-0.15, -0.1) is 0 Å². The van der Waals surface area contributed by atoms with Crippen molar-refractivity contribution in [3.8, 4) is 11.5 Å². The van der Waals surface area contributed by atoms with Crippen molar-refractivity contribution in [3.05, 3.63) is 83.8 Å². The molecular weight excluding hydrogens is 444 g/mol. The number of hydrogen-bond donors (Lipinski definition) is 3. The molecule has 3 N–H and O–H groups in total. The highest BCUT2D eigenvalue weighted by molar-refractivity contribution is 6.06. The van der Waals surface area contributed by atoms with E-state index in [4.69, 9.17) is 9.47 Å². The van der Waals surface area contributed by atoms with Crippen LogP contribution in [0.25, 0.3) is 10.9 Å². The summed E-state index contributed by atoms with van der Waals surface area (Å²) in [5.74, 6) is 0.654. The predicted octanol–water partition coefficient (Wildman–Crippen LogP) is 4.54. The van der Waals surface area contributed by atoms with Crippen molar-refractivity contribution in [2.24, 2.45) is 0 Å². The Bertz CT molecular complexity index is 1360. The van der Waals surface area contributed by atoms with Gasteiger partial charge in [-0.3, -0.25) is 14.6 Å². The second kappa shape index (κ2) is 9.89. The van der Waals surface area contributed by atoms with Crippen LogP contribution in [0.4, 0.5) is 5.69 Å². The van der Waals surface area contributed by atoms with Gasteiger partial charge in [0.15, 0.2) is 11.5 Å². The van der Waals surface area contributed by atoms with Crippen molar-refractivity contribution >= 4 is 28.4 Å². The summed E-state index contributed by atoms with van der Waals surface area (Å²) in [5, 5.41) is 6.77. The number of carbonyl (C=O) groups is 2. The number of ether oxygens (including phenoxy) is 2. The number of H-pyrrole nitrogens is 1. The molecule has 0 atom stereocenters. The number of nitrogens with one attached hydrogen (secondary N) is 3. The summed E-state index contributed by atoms with van der Waals surface area (Å²) in [7, 11) is 3.08. The van der Waals surface area contributed by atoms with E-state index in [2.05, 4.69) is 34.4 Å². The Hall–Kier alpha value is -4.33. The Morgan fingerprint density at radius 3 is 2.43 bits per heavy atom. The van der Waals surface area contributed by atoms with Crippen LogP contribution >= 0.6 is 0 Å². The van der Waals surface area contributed by atoms with Crippen LogP contribution in [0.2, 0.25) is 0 Å². The van der Waals surface area contributed by atoms with E-state index >= 15 is 0 Å². The van der Waals surface area contributed by atoms with Crippen molar-refractivity contribution in [3.63, 3.8) is 0 Å². The molecule has 8 nitrogen and oxygen atoms in total. The number of rotatable bonds is 8. The number of aromatic nitrogens is 2. The van der Waals surface area contributed by atoms with Crippen molar-refractivity contribution < 1.29 is 19.1 Å². The Morgan fingerprint density at radius 1 is 0.971 bits per heavy atom. The molecule has 0 aliphatic heterocycles. The first-order valence-corrected chi connectivity index (χ1v) is 11.2. The van der Waals surface area contributed by atoms with E-state index in [9.17, 15) is 9.59 Å². The summed E-state index contributed by atoms with van der Waals surface area (Å²) in [6.45, 7) is 4.56. The third kappa shape index (κ3) is 5.11. The molecule has 2 aromatic heterocycles. The molecule has 8 heteroatoms. The molecule has 180 valence electrons. The van der Waals surface area contributed by atoms with Crippen molar-refractivity contribution in [2.45, 2.75) is 19.3 Å². The molecule has 2 aromatic carbocycles. The number of aromatic amines is 1. The van der Waals surface area contributed by atoms with E-state index in [-0.39, 0.29) is 17.2 Å². The average molecular weight is 473 g/mol. The molecule has 4 rings (SSSR count). The van der Waals surface area contributed by atoms with Gasteiger partial charge in [0.25, 0.3) is 11.8 Å². The first kappa shape index (κ1) is 23.8. The maximum atomic E-state index is 12.8. The van der Waals surface area contributed by atoms with Crippen molar-refractivity contribution in [1.82, 2.24) is 15.3 Å². The molecule has 0 saturated carbocycles. The van der Waals surface area contributed by atoms with Gasteiger partial charge in [0.2, 0.25) is 0 Å². The van der Waals surface area contributed by atoms with Gasteiger partial charge in [-0.1, -0.05) is 26.0 Å². The number of fused-ring (bicyclic) bond motifs is 1. The quantitative estimate of drug-likeness (QED) is 0.349. The largest absolute Gasteiger partial charge is 0.493 e. The standard InChI is InChI=1S/C27H28N4O4/c1-27(2,16-30-26(33)21-14-29-22-15-28-12-11-20(21)22)18-6-8-19(9-7-18)31-25(32)17-5-10-23(34-3)24(13-17)35-4/h5-15,29H,16H2,1-4H3,(H,30,33)(H,31,32). The van der Waals surface area contributed by atoms with E-state index in [1.54, 1.807) is 43.9 Å². The topological polar surface area (TPSA) is 105 Å². The maximum Gasteiger partial charge on any atom is 0.255 e. The summed E-state index contributed by atoms with van der Waals surface area (Å²) in [6, 6.07) is 14.4. The molecule has 35 heavy (non-hydrogen) atoms. The SMILES string of the molecule is COc1ccc(C(=O)Nc2ccc(C(C)(C)CNC(=O)c3c[nH]c4cnccc34)cc2)cc1OC. The number of hydrogen-bond acceptors (Lipinski definition) is 5. The Kier molecular flexibility index (Phi) is 6.73. The highest BCUT2D eigenvalue weighted by atomic mass is 16.5. The second-order valence-electron chi connectivity index (χ2n) is 8.79. The fourth-order valence-corrected chi connectivity index (χ4v) is 3.84. The van der Waals surface area contributed by atoms with Gasteiger partial charge in [-0.2, -0.15) is 0 Å². The van der Waals surface area contributed by atoms with Crippen LogP contribution in [-0.2, 0) is 5.41 Å².